The molecule has 0 aliphatic carbocycles. The zero-order chi connectivity index (χ0) is 9.84. The number of aromatic hydroxyl groups is 1. The van der Waals surface area contributed by atoms with E-state index in [4.69, 9.17) is 21.7 Å². The smallest absolute Gasteiger partial charge is 0.341 e. The summed E-state index contributed by atoms with van der Waals surface area (Å²) in [5.74, 6) is 0.0227. The molecule has 0 radical (unpaired) electrons. The van der Waals surface area contributed by atoms with Gasteiger partial charge in [-0.1, -0.05) is 19.1 Å². The first kappa shape index (κ1) is 9.73. The molecule has 0 aliphatic heterocycles. The van der Waals surface area contributed by atoms with E-state index in [1.165, 1.54) is 6.07 Å². The van der Waals surface area contributed by atoms with E-state index >= 15 is 0 Å². The quantitative estimate of drug-likeness (QED) is 0.707. The van der Waals surface area contributed by atoms with Crippen LogP contribution in [0, 0.1) is 0 Å². The van der Waals surface area contributed by atoms with Gasteiger partial charge in [-0.05, 0) is 6.42 Å². The van der Waals surface area contributed by atoms with Crippen LogP contribution in [0.2, 0.25) is 0 Å². The van der Waals surface area contributed by atoms with Crippen LogP contribution < -0.4 is 10.9 Å². The molecule has 0 amide bonds. The van der Waals surface area contributed by atoms with Crippen LogP contribution in [-0.2, 0) is 0 Å². The van der Waals surface area contributed by atoms with Gasteiger partial charge in [-0.15, -0.1) is 0 Å². The molecule has 0 aliphatic rings. The predicted molar refractivity (Wildman–Crippen MR) is 53.2 cm³/mol. The van der Waals surface area contributed by atoms with Crippen LogP contribution in [0.4, 0.5) is 5.88 Å². The van der Waals surface area contributed by atoms with Gasteiger partial charge in [-0.25, -0.2) is 4.79 Å². The summed E-state index contributed by atoms with van der Waals surface area (Å²) < 4.78 is 4.72. The van der Waals surface area contributed by atoms with Gasteiger partial charge in [0.15, 0.2) is 0 Å². The maximum Gasteiger partial charge on any atom is 0.341 e. The fraction of sp³-hybridized carbons (Fsp3) is 0.250. The summed E-state index contributed by atoms with van der Waals surface area (Å²) in [5.41, 5.74) is -0.610. The summed E-state index contributed by atoms with van der Waals surface area (Å²) in [7, 11) is 0. The molecule has 2 N–H and O–H groups in total. The number of rotatable bonds is 2. The van der Waals surface area contributed by atoms with Gasteiger partial charge in [-0.3, -0.25) is 0 Å². The summed E-state index contributed by atoms with van der Waals surface area (Å²) in [6.07, 6.45) is 0.648. The van der Waals surface area contributed by atoms with Crippen molar-refractivity contribution < 1.29 is 9.52 Å². The predicted octanol–water partition coefficient (Wildman–Crippen LogP) is 1.49. The van der Waals surface area contributed by atoms with Crippen LogP contribution in [0.1, 0.15) is 13.3 Å². The standard InChI is InChI=1S/C8H9NO3S/c1-2-7(13)9-6-3-5(10)4-8(11)12-6/h3-4,10H,2H2,1H3,(H,9,13). The van der Waals surface area contributed by atoms with E-state index in [0.29, 0.717) is 11.4 Å². The van der Waals surface area contributed by atoms with E-state index in [2.05, 4.69) is 5.32 Å². The Morgan fingerprint density at radius 1 is 1.69 bits per heavy atom. The molecule has 1 heterocycles. The number of nitrogens with one attached hydrogen (secondary N) is 1. The molecular formula is C8H9NO3S. The van der Waals surface area contributed by atoms with Gasteiger partial charge in [0, 0.05) is 6.07 Å². The zero-order valence-electron chi connectivity index (χ0n) is 7.03. The molecule has 0 unspecified atom stereocenters. The van der Waals surface area contributed by atoms with Gasteiger partial charge in [0.05, 0.1) is 11.1 Å². The minimum absolute atomic E-state index is 0.141. The van der Waals surface area contributed by atoms with E-state index < -0.39 is 5.63 Å². The zero-order valence-corrected chi connectivity index (χ0v) is 7.85. The molecule has 70 valence electrons. The fourth-order valence-corrected chi connectivity index (χ4v) is 0.852. The van der Waals surface area contributed by atoms with Gasteiger partial charge < -0.3 is 14.8 Å². The molecule has 0 saturated heterocycles. The second kappa shape index (κ2) is 4.04. The van der Waals surface area contributed by atoms with Crippen molar-refractivity contribution in [3.8, 4) is 5.75 Å². The summed E-state index contributed by atoms with van der Waals surface area (Å²) >= 11 is 4.87. The molecule has 1 rings (SSSR count). The highest BCUT2D eigenvalue weighted by molar-refractivity contribution is 7.80. The van der Waals surface area contributed by atoms with Gasteiger partial charge in [-0.2, -0.15) is 0 Å². The molecule has 0 aromatic carbocycles. The lowest BCUT2D eigenvalue weighted by Gasteiger charge is -2.03. The second-order valence-electron chi connectivity index (χ2n) is 2.40. The maximum atomic E-state index is 10.8. The van der Waals surface area contributed by atoms with Gasteiger partial charge in [0.25, 0.3) is 0 Å². The van der Waals surface area contributed by atoms with E-state index in [1.807, 2.05) is 6.92 Å². The first-order valence-corrected chi connectivity index (χ1v) is 4.16. The Balaban J connectivity index is 2.89. The van der Waals surface area contributed by atoms with Crippen LogP contribution in [0.5, 0.6) is 5.75 Å². The molecule has 1 aromatic heterocycles. The van der Waals surface area contributed by atoms with Crippen molar-refractivity contribution in [1.82, 2.24) is 0 Å². The fourth-order valence-electron chi connectivity index (χ4n) is 0.751. The van der Waals surface area contributed by atoms with Gasteiger partial charge in [0.2, 0.25) is 5.88 Å². The van der Waals surface area contributed by atoms with Crippen molar-refractivity contribution in [2.45, 2.75) is 13.3 Å². The number of hydrogen-bond donors (Lipinski definition) is 2. The molecule has 0 spiro atoms. The average Bonchev–Trinajstić information content (AvgIpc) is 2.02. The topological polar surface area (TPSA) is 62.5 Å². The van der Waals surface area contributed by atoms with Crippen molar-refractivity contribution in [3.05, 3.63) is 22.6 Å². The Morgan fingerprint density at radius 2 is 2.38 bits per heavy atom. The van der Waals surface area contributed by atoms with E-state index in [1.54, 1.807) is 0 Å². The Labute approximate surface area is 80.2 Å². The molecule has 13 heavy (non-hydrogen) atoms. The van der Waals surface area contributed by atoms with E-state index in [9.17, 15) is 4.79 Å². The summed E-state index contributed by atoms with van der Waals surface area (Å²) in [6.45, 7) is 1.87. The lowest BCUT2D eigenvalue weighted by atomic mass is 10.4. The number of thiocarbonyl (C=S) groups is 1. The molecule has 0 atom stereocenters. The molecule has 0 fully saturated rings. The lowest BCUT2D eigenvalue weighted by Crippen LogP contribution is -2.09. The highest BCUT2D eigenvalue weighted by Crippen LogP contribution is 2.12. The molecule has 0 bridgehead atoms. The monoisotopic (exact) mass is 199 g/mol. The third kappa shape index (κ3) is 2.87. The summed E-state index contributed by atoms with van der Waals surface area (Å²) in [5, 5.41) is 11.7. The first-order valence-electron chi connectivity index (χ1n) is 3.76. The van der Waals surface area contributed by atoms with Crippen molar-refractivity contribution in [2.75, 3.05) is 5.32 Å². The lowest BCUT2D eigenvalue weighted by molar-refractivity contribution is 0.454. The van der Waals surface area contributed by atoms with Crippen molar-refractivity contribution in [2.24, 2.45) is 0 Å². The van der Waals surface area contributed by atoms with Crippen LogP contribution in [0.25, 0.3) is 0 Å². The van der Waals surface area contributed by atoms with E-state index in [0.717, 1.165) is 6.07 Å². The Bertz CT molecular complexity index is 372. The Morgan fingerprint density at radius 3 is 2.92 bits per heavy atom. The molecular weight excluding hydrogens is 190 g/mol. The highest BCUT2D eigenvalue weighted by atomic mass is 32.1. The van der Waals surface area contributed by atoms with Crippen LogP contribution in [-0.4, -0.2) is 10.1 Å². The Kier molecular flexibility index (Phi) is 3.02. The second-order valence-corrected chi connectivity index (χ2v) is 2.89. The largest absolute Gasteiger partial charge is 0.507 e. The van der Waals surface area contributed by atoms with Gasteiger partial charge in [0.1, 0.15) is 5.75 Å². The number of hydrogen-bond acceptors (Lipinski definition) is 4. The van der Waals surface area contributed by atoms with Gasteiger partial charge >= 0.3 is 5.63 Å². The Hall–Kier alpha value is -1.36. The maximum absolute atomic E-state index is 10.8. The minimum atomic E-state index is -0.610. The molecule has 5 heteroatoms. The summed E-state index contributed by atoms with van der Waals surface area (Å²) in [6, 6.07) is 2.28. The van der Waals surface area contributed by atoms with Crippen molar-refractivity contribution >= 4 is 23.1 Å². The van der Waals surface area contributed by atoms with Crippen LogP contribution in [0.15, 0.2) is 21.3 Å². The highest BCUT2D eigenvalue weighted by Gasteiger charge is 2.01. The minimum Gasteiger partial charge on any atom is -0.507 e. The third-order valence-electron chi connectivity index (χ3n) is 1.34. The van der Waals surface area contributed by atoms with E-state index in [-0.39, 0.29) is 11.6 Å². The first-order chi connectivity index (χ1) is 6.11. The summed E-state index contributed by atoms with van der Waals surface area (Å²) in [4.78, 5) is 11.3. The number of anilines is 1. The molecule has 4 nitrogen and oxygen atoms in total. The molecule has 0 saturated carbocycles. The van der Waals surface area contributed by atoms with Crippen LogP contribution in [0.3, 0.4) is 0 Å². The molecule has 1 aromatic rings. The van der Waals surface area contributed by atoms with Crippen molar-refractivity contribution in [1.29, 1.82) is 0 Å². The SMILES string of the molecule is CCC(=S)Nc1cc(O)cc(=O)o1. The third-order valence-corrected chi connectivity index (χ3v) is 1.73. The normalized spacial score (nSPS) is 9.62. The average molecular weight is 199 g/mol. The van der Waals surface area contributed by atoms with Crippen LogP contribution >= 0.6 is 12.2 Å². The van der Waals surface area contributed by atoms with Crippen molar-refractivity contribution in [3.63, 3.8) is 0 Å².